The Morgan fingerprint density at radius 2 is 1.73 bits per heavy atom. The first-order valence-electron chi connectivity index (χ1n) is 12.9. The highest BCUT2D eigenvalue weighted by Gasteiger charge is 2.45. The number of nitrogens with one attached hydrogen (secondary N) is 2. The van der Waals surface area contributed by atoms with E-state index in [1.807, 2.05) is 34.6 Å². The van der Waals surface area contributed by atoms with Crippen LogP contribution < -0.4 is 10.6 Å². The predicted molar refractivity (Wildman–Crippen MR) is 142 cm³/mol. The van der Waals surface area contributed by atoms with Crippen LogP contribution in [0.2, 0.25) is 0 Å². The van der Waals surface area contributed by atoms with Gasteiger partial charge in [0.1, 0.15) is 11.7 Å². The van der Waals surface area contributed by atoms with Gasteiger partial charge in [-0.3, -0.25) is 19.2 Å². The summed E-state index contributed by atoms with van der Waals surface area (Å²) in [4.78, 5) is 48.3. The highest BCUT2D eigenvalue weighted by atomic mass is 32.2. The van der Waals surface area contributed by atoms with Gasteiger partial charge >= 0.3 is 5.97 Å². The van der Waals surface area contributed by atoms with Crippen molar-refractivity contribution in [3.05, 3.63) is 0 Å². The third kappa shape index (κ3) is 14.7. The van der Waals surface area contributed by atoms with E-state index < -0.39 is 29.0 Å². The molecule has 0 unspecified atom stereocenters. The van der Waals surface area contributed by atoms with E-state index >= 15 is 0 Å². The predicted octanol–water partition coefficient (Wildman–Crippen LogP) is 2.70. The maximum Gasteiger partial charge on any atom is 0.306 e. The van der Waals surface area contributed by atoms with Crippen molar-refractivity contribution in [3.8, 4) is 0 Å². The molecule has 1 aliphatic rings. The number of carbonyl (C=O) groups is 4. The van der Waals surface area contributed by atoms with E-state index in [9.17, 15) is 24.3 Å². The Morgan fingerprint density at radius 1 is 1.05 bits per heavy atom. The van der Waals surface area contributed by atoms with Crippen molar-refractivity contribution in [1.82, 2.24) is 10.6 Å². The molecule has 0 aromatic carbocycles. The summed E-state index contributed by atoms with van der Waals surface area (Å²) in [6, 6.07) is 0. The maximum absolute atomic E-state index is 12.6. The fourth-order valence-corrected chi connectivity index (χ4v) is 4.29. The van der Waals surface area contributed by atoms with Crippen LogP contribution in [0.1, 0.15) is 87.0 Å². The van der Waals surface area contributed by atoms with Crippen LogP contribution in [-0.4, -0.2) is 77.1 Å². The summed E-state index contributed by atoms with van der Waals surface area (Å²) in [6.45, 7) is 13.6. The normalized spacial score (nSPS) is 19.5. The SMILES string of the molecule is CC(C)(C)OC(=O)CCCC[C@@H](O)CC(=O)SCCNC(=O)CCNC(=O)[C@@H]1OC(C)(C)OCC1(C)C. The fourth-order valence-electron chi connectivity index (χ4n) is 3.55. The van der Waals surface area contributed by atoms with Crippen molar-refractivity contribution in [2.24, 2.45) is 5.41 Å². The van der Waals surface area contributed by atoms with Gasteiger partial charge in [0.15, 0.2) is 10.9 Å². The molecule has 0 radical (unpaired) electrons. The fraction of sp³-hybridized carbons (Fsp3) is 0.846. The topological polar surface area (TPSA) is 140 Å². The average Bonchev–Trinajstić information content (AvgIpc) is 2.75. The largest absolute Gasteiger partial charge is 0.460 e. The highest BCUT2D eigenvalue weighted by Crippen LogP contribution is 2.34. The van der Waals surface area contributed by atoms with Crippen molar-refractivity contribution >= 4 is 34.7 Å². The first-order valence-corrected chi connectivity index (χ1v) is 13.9. The summed E-state index contributed by atoms with van der Waals surface area (Å²) >= 11 is 1.06. The summed E-state index contributed by atoms with van der Waals surface area (Å²) in [6.07, 6.45) is 0.644. The molecular weight excluding hydrogens is 500 g/mol. The Hall–Kier alpha value is -1.69. The number of thioether (sulfide) groups is 1. The smallest absolute Gasteiger partial charge is 0.306 e. The van der Waals surface area contributed by atoms with Gasteiger partial charge in [0.2, 0.25) is 11.8 Å². The first kappa shape index (κ1) is 33.3. The van der Waals surface area contributed by atoms with E-state index in [-0.39, 0.29) is 48.7 Å². The number of aliphatic hydroxyl groups excluding tert-OH is 1. The minimum absolute atomic E-state index is 0.0263. The molecular formula is C26H46N2O8S. The molecule has 214 valence electrons. The number of carbonyl (C=O) groups excluding carboxylic acids is 4. The molecule has 2 atom stereocenters. The van der Waals surface area contributed by atoms with Gasteiger partial charge in [0.05, 0.1) is 12.7 Å². The Bertz CT molecular complexity index is 779. The van der Waals surface area contributed by atoms with Gasteiger partial charge in [-0.05, 0) is 47.5 Å². The zero-order chi connectivity index (χ0) is 28.3. The Labute approximate surface area is 225 Å². The quantitative estimate of drug-likeness (QED) is 0.222. The van der Waals surface area contributed by atoms with Gasteiger partial charge < -0.3 is 30.0 Å². The molecule has 1 fully saturated rings. The van der Waals surface area contributed by atoms with E-state index in [1.165, 1.54) is 0 Å². The molecule has 2 amide bonds. The lowest BCUT2D eigenvalue weighted by molar-refractivity contribution is -0.304. The minimum Gasteiger partial charge on any atom is -0.460 e. The molecule has 0 aromatic heterocycles. The molecule has 0 spiro atoms. The van der Waals surface area contributed by atoms with Crippen molar-refractivity contribution in [1.29, 1.82) is 0 Å². The van der Waals surface area contributed by atoms with E-state index in [4.69, 9.17) is 14.2 Å². The summed E-state index contributed by atoms with van der Waals surface area (Å²) in [5.74, 6) is -1.23. The first-order chi connectivity index (χ1) is 17.0. The number of esters is 1. The van der Waals surface area contributed by atoms with E-state index in [0.29, 0.717) is 38.2 Å². The Morgan fingerprint density at radius 3 is 2.38 bits per heavy atom. The number of unbranched alkanes of at least 4 members (excludes halogenated alkanes) is 1. The maximum atomic E-state index is 12.6. The third-order valence-electron chi connectivity index (χ3n) is 5.47. The van der Waals surface area contributed by atoms with Crippen LogP contribution in [0.3, 0.4) is 0 Å². The monoisotopic (exact) mass is 546 g/mol. The molecule has 0 aliphatic carbocycles. The molecule has 0 aromatic rings. The summed E-state index contributed by atoms with van der Waals surface area (Å²) in [5.41, 5.74) is -0.996. The molecule has 10 nitrogen and oxygen atoms in total. The minimum atomic E-state index is -0.845. The molecule has 1 heterocycles. The van der Waals surface area contributed by atoms with E-state index in [0.717, 1.165) is 11.8 Å². The third-order valence-corrected chi connectivity index (χ3v) is 6.37. The standard InChI is InChI=1S/C26H46N2O8S/c1-24(2,3)35-20(31)11-9-8-10-18(29)16-21(32)37-15-14-27-19(30)12-13-28-23(33)22-25(4,5)17-34-26(6,7)36-22/h18,22,29H,8-17H2,1-7H3,(H,27,30)(H,28,33)/t18-,22+/m1/s1. The molecule has 0 bridgehead atoms. The summed E-state index contributed by atoms with van der Waals surface area (Å²) < 4.78 is 16.6. The zero-order valence-corrected chi connectivity index (χ0v) is 24.3. The van der Waals surface area contributed by atoms with Crippen LogP contribution in [-0.2, 0) is 33.4 Å². The van der Waals surface area contributed by atoms with Gasteiger partial charge in [-0.2, -0.15) is 0 Å². The van der Waals surface area contributed by atoms with Crippen LogP contribution in [0.25, 0.3) is 0 Å². The van der Waals surface area contributed by atoms with Gasteiger partial charge in [0, 0.05) is 43.5 Å². The molecule has 3 N–H and O–H groups in total. The molecule has 0 saturated carbocycles. The van der Waals surface area contributed by atoms with E-state index in [2.05, 4.69) is 10.6 Å². The average molecular weight is 547 g/mol. The summed E-state index contributed by atoms with van der Waals surface area (Å²) in [7, 11) is 0. The number of rotatable bonds is 14. The van der Waals surface area contributed by atoms with Crippen molar-refractivity contribution in [2.75, 3.05) is 25.4 Å². The molecule has 1 saturated heterocycles. The second-order valence-corrected chi connectivity index (χ2v) is 12.6. The Balaban J connectivity index is 2.13. The molecule has 1 aliphatic heterocycles. The number of hydrogen-bond acceptors (Lipinski definition) is 9. The lowest BCUT2D eigenvalue weighted by Gasteiger charge is -2.44. The van der Waals surface area contributed by atoms with Crippen LogP contribution in [0.15, 0.2) is 0 Å². The number of ether oxygens (including phenoxy) is 3. The second kappa shape index (κ2) is 15.0. The number of hydrogen-bond donors (Lipinski definition) is 3. The Kier molecular flexibility index (Phi) is 13.6. The lowest BCUT2D eigenvalue weighted by atomic mass is 9.85. The second-order valence-electron chi connectivity index (χ2n) is 11.5. The van der Waals surface area contributed by atoms with Crippen LogP contribution in [0, 0.1) is 5.41 Å². The summed E-state index contributed by atoms with van der Waals surface area (Å²) in [5, 5.41) is 15.4. The van der Waals surface area contributed by atoms with Crippen molar-refractivity contribution in [2.45, 2.75) is 111 Å². The van der Waals surface area contributed by atoms with Gasteiger partial charge in [-0.15, -0.1) is 0 Å². The van der Waals surface area contributed by atoms with Crippen molar-refractivity contribution < 1.29 is 38.5 Å². The zero-order valence-electron chi connectivity index (χ0n) is 23.4. The van der Waals surface area contributed by atoms with Crippen LogP contribution in [0.5, 0.6) is 0 Å². The van der Waals surface area contributed by atoms with Gasteiger partial charge in [-0.1, -0.05) is 32.0 Å². The number of amides is 2. The number of aliphatic hydroxyl groups is 1. The van der Waals surface area contributed by atoms with E-state index in [1.54, 1.807) is 13.8 Å². The van der Waals surface area contributed by atoms with Gasteiger partial charge in [0.25, 0.3) is 0 Å². The molecule has 11 heteroatoms. The van der Waals surface area contributed by atoms with Crippen LogP contribution >= 0.6 is 11.8 Å². The highest BCUT2D eigenvalue weighted by molar-refractivity contribution is 8.13. The molecule has 1 rings (SSSR count). The lowest BCUT2D eigenvalue weighted by Crippen LogP contribution is -2.56. The van der Waals surface area contributed by atoms with Crippen LogP contribution in [0.4, 0.5) is 0 Å². The van der Waals surface area contributed by atoms with Crippen molar-refractivity contribution in [3.63, 3.8) is 0 Å². The molecule has 37 heavy (non-hydrogen) atoms. The van der Waals surface area contributed by atoms with Gasteiger partial charge in [-0.25, -0.2) is 0 Å².